The summed E-state index contributed by atoms with van der Waals surface area (Å²) in [6.07, 6.45) is 2.73. The predicted octanol–water partition coefficient (Wildman–Crippen LogP) is 1.52. The number of fused-ring (bicyclic) bond motifs is 1. The Morgan fingerprint density at radius 2 is 1.78 bits per heavy atom. The van der Waals surface area contributed by atoms with Crippen molar-refractivity contribution in [2.45, 2.75) is 32.2 Å². The van der Waals surface area contributed by atoms with E-state index in [1.54, 1.807) is 26.2 Å². The highest BCUT2D eigenvalue weighted by molar-refractivity contribution is 6.07. The molecule has 3 rings (SSSR count). The number of carbonyl (C=O) groups excluding carboxylic acids is 2. The lowest BCUT2D eigenvalue weighted by Crippen LogP contribution is -2.47. The quantitative estimate of drug-likeness (QED) is 0.550. The number of carbonyl (C=O) groups is 2. The van der Waals surface area contributed by atoms with E-state index in [0.29, 0.717) is 50.6 Å². The highest BCUT2D eigenvalue weighted by atomic mass is 16.5. The molecule has 1 fully saturated rings. The highest BCUT2D eigenvalue weighted by Gasteiger charge is 2.58. The minimum absolute atomic E-state index is 0.0628. The van der Waals surface area contributed by atoms with Gasteiger partial charge < -0.3 is 24.4 Å². The molecule has 1 heterocycles. The second-order valence-corrected chi connectivity index (χ2v) is 7.14. The Hall–Kier alpha value is -2.28. The molecule has 7 nitrogen and oxygen atoms in total. The molecule has 0 aromatic heterocycles. The van der Waals surface area contributed by atoms with Crippen LogP contribution in [0.3, 0.4) is 0 Å². The predicted molar refractivity (Wildman–Crippen MR) is 99.8 cm³/mol. The standard InChI is InChI=1S/C20H28N2O5/c1-25-10-4-8-21-18(23)20(6-7-20)19(24)22-9-5-14-11-16(26-2)17(27-3)12-15(14)13-22/h11-12H,4-10,13H2,1-3H3,(H,21,23). The molecule has 1 N–H and O–H groups in total. The summed E-state index contributed by atoms with van der Waals surface area (Å²) in [6.45, 7) is 2.23. The lowest BCUT2D eigenvalue weighted by molar-refractivity contribution is -0.145. The summed E-state index contributed by atoms with van der Waals surface area (Å²) in [6, 6.07) is 3.91. The molecule has 7 heteroatoms. The van der Waals surface area contributed by atoms with Crippen LogP contribution in [0.15, 0.2) is 12.1 Å². The van der Waals surface area contributed by atoms with E-state index in [2.05, 4.69) is 5.32 Å². The molecule has 0 bridgehead atoms. The maximum atomic E-state index is 13.1. The molecule has 148 valence electrons. The molecule has 0 atom stereocenters. The van der Waals surface area contributed by atoms with Crippen molar-refractivity contribution in [1.82, 2.24) is 10.2 Å². The van der Waals surface area contributed by atoms with Gasteiger partial charge in [-0.3, -0.25) is 9.59 Å². The number of benzene rings is 1. The van der Waals surface area contributed by atoms with Crippen LogP contribution in [0.4, 0.5) is 0 Å². The van der Waals surface area contributed by atoms with Crippen molar-refractivity contribution in [3.8, 4) is 11.5 Å². The van der Waals surface area contributed by atoms with Gasteiger partial charge in [-0.15, -0.1) is 0 Å². The van der Waals surface area contributed by atoms with Crippen LogP contribution in [0.25, 0.3) is 0 Å². The number of methoxy groups -OCH3 is 3. The van der Waals surface area contributed by atoms with Crippen molar-refractivity contribution in [2.75, 3.05) is 41.0 Å². The van der Waals surface area contributed by atoms with Crippen LogP contribution in [-0.4, -0.2) is 57.7 Å². The molecule has 27 heavy (non-hydrogen) atoms. The first-order valence-electron chi connectivity index (χ1n) is 9.36. The van der Waals surface area contributed by atoms with Gasteiger partial charge in [0.2, 0.25) is 11.8 Å². The fourth-order valence-electron chi connectivity index (χ4n) is 3.61. The molecule has 2 amide bonds. The Morgan fingerprint density at radius 3 is 2.37 bits per heavy atom. The van der Waals surface area contributed by atoms with E-state index in [9.17, 15) is 9.59 Å². The van der Waals surface area contributed by atoms with Crippen LogP contribution in [0.5, 0.6) is 11.5 Å². The van der Waals surface area contributed by atoms with Gasteiger partial charge in [-0.2, -0.15) is 0 Å². The molecule has 1 aromatic carbocycles. The molecule has 1 aliphatic heterocycles. The smallest absolute Gasteiger partial charge is 0.238 e. The summed E-state index contributed by atoms with van der Waals surface area (Å²) in [5.41, 5.74) is 1.33. The molecule has 1 saturated carbocycles. The first kappa shape index (κ1) is 19.5. The molecule has 0 saturated heterocycles. The van der Waals surface area contributed by atoms with E-state index < -0.39 is 5.41 Å². The second-order valence-electron chi connectivity index (χ2n) is 7.14. The number of nitrogens with zero attached hydrogens (tertiary/aromatic N) is 1. The van der Waals surface area contributed by atoms with Crippen LogP contribution in [-0.2, 0) is 27.3 Å². The Bertz CT molecular complexity index is 715. The number of hydrogen-bond donors (Lipinski definition) is 1. The lowest BCUT2D eigenvalue weighted by Gasteiger charge is -2.32. The van der Waals surface area contributed by atoms with Crippen molar-refractivity contribution in [3.05, 3.63) is 23.3 Å². The largest absolute Gasteiger partial charge is 0.493 e. The summed E-state index contributed by atoms with van der Waals surface area (Å²) in [5.74, 6) is 1.14. The van der Waals surface area contributed by atoms with Gasteiger partial charge in [-0.25, -0.2) is 0 Å². The average Bonchev–Trinajstić information content (AvgIpc) is 3.51. The third kappa shape index (κ3) is 3.88. The minimum atomic E-state index is -0.874. The minimum Gasteiger partial charge on any atom is -0.493 e. The molecule has 0 spiro atoms. The van der Waals surface area contributed by atoms with E-state index in [4.69, 9.17) is 14.2 Å². The number of nitrogens with one attached hydrogen (secondary N) is 1. The van der Waals surface area contributed by atoms with Crippen LogP contribution in [0, 0.1) is 5.41 Å². The van der Waals surface area contributed by atoms with Gasteiger partial charge >= 0.3 is 0 Å². The fraction of sp³-hybridized carbons (Fsp3) is 0.600. The Kier molecular flexibility index (Phi) is 5.89. The maximum Gasteiger partial charge on any atom is 0.238 e. The van der Waals surface area contributed by atoms with Gasteiger partial charge in [0.05, 0.1) is 14.2 Å². The van der Waals surface area contributed by atoms with Crippen molar-refractivity contribution >= 4 is 11.8 Å². The molecule has 1 aromatic rings. The first-order valence-corrected chi connectivity index (χ1v) is 9.36. The fourth-order valence-corrected chi connectivity index (χ4v) is 3.61. The zero-order chi connectivity index (χ0) is 19.4. The zero-order valence-electron chi connectivity index (χ0n) is 16.3. The van der Waals surface area contributed by atoms with Crippen molar-refractivity contribution in [1.29, 1.82) is 0 Å². The summed E-state index contributed by atoms with van der Waals surface area (Å²) in [4.78, 5) is 27.5. The van der Waals surface area contributed by atoms with Crippen molar-refractivity contribution in [2.24, 2.45) is 5.41 Å². The van der Waals surface area contributed by atoms with E-state index in [-0.39, 0.29) is 11.8 Å². The zero-order valence-corrected chi connectivity index (χ0v) is 16.3. The Labute approximate surface area is 160 Å². The van der Waals surface area contributed by atoms with E-state index in [1.807, 2.05) is 12.1 Å². The third-order valence-electron chi connectivity index (χ3n) is 5.41. The summed E-state index contributed by atoms with van der Waals surface area (Å²) >= 11 is 0. The van der Waals surface area contributed by atoms with Gasteiger partial charge in [0.15, 0.2) is 11.5 Å². The van der Waals surface area contributed by atoms with E-state index in [0.717, 1.165) is 24.0 Å². The topological polar surface area (TPSA) is 77.1 Å². The Balaban J connectivity index is 1.67. The number of hydrogen-bond acceptors (Lipinski definition) is 5. The summed E-state index contributed by atoms with van der Waals surface area (Å²) < 4.78 is 15.7. The van der Waals surface area contributed by atoms with Crippen LogP contribution < -0.4 is 14.8 Å². The lowest BCUT2D eigenvalue weighted by atomic mass is 9.96. The first-order chi connectivity index (χ1) is 13.1. The van der Waals surface area contributed by atoms with Gasteiger partial charge in [0.1, 0.15) is 5.41 Å². The molecular formula is C20H28N2O5. The van der Waals surface area contributed by atoms with E-state index >= 15 is 0 Å². The number of amides is 2. The van der Waals surface area contributed by atoms with Crippen LogP contribution in [0.2, 0.25) is 0 Å². The number of ether oxygens (including phenoxy) is 3. The van der Waals surface area contributed by atoms with Gasteiger partial charge in [-0.05, 0) is 48.9 Å². The third-order valence-corrected chi connectivity index (χ3v) is 5.41. The van der Waals surface area contributed by atoms with Gasteiger partial charge in [-0.1, -0.05) is 0 Å². The molecule has 1 aliphatic carbocycles. The van der Waals surface area contributed by atoms with E-state index in [1.165, 1.54) is 0 Å². The van der Waals surface area contributed by atoms with Gasteiger partial charge in [0, 0.05) is 33.4 Å². The summed E-state index contributed by atoms with van der Waals surface area (Å²) in [5, 5.41) is 2.89. The monoisotopic (exact) mass is 376 g/mol. The average molecular weight is 376 g/mol. The van der Waals surface area contributed by atoms with Crippen LogP contribution >= 0.6 is 0 Å². The SMILES string of the molecule is COCCCNC(=O)C1(C(=O)N2CCc3cc(OC)c(OC)cc3C2)CC1. The Morgan fingerprint density at radius 1 is 1.11 bits per heavy atom. The maximum absolute atomic E-state index is 13.1. The number of rotatable bonds is 8. The van der Waals surface area contributed by atoms with Crippen molar-refractivity contribution in [3.63, 3.8) is 0 Å². The molecule has 2 aliphatic rings. The summed E-state index contributed by atoms with van der Waals surface area (Å²) in [7, 11) is 4.85. The van der Waals surface area contributed by atoms with Crippen molar-refractivity contribution < 1.29 is 23.8 Å². The highest BCUT2D eigenvalue weighted by Crippen LogP contribution is 2.48. The van der Waals surface area contributed by atoms with Crippen LogP contribution in [0.1, 0.15) is 30.4 Å². The molecular weight excluding hydrogens is 348 g/mol. The van der Waals surface area contributed by atoms with Gasteiger partial charge in [0.25, 0.3) is 0 Å². The second kappa shape index (κ2) is 8.17. The molecule has 0 unspecified atom stereocenters. The normalized spacial score (nSPS) is 17.1. The molecule has 0 radical (unpaired) electrons.